The first-order valence-electron chi connectivity index (χ1n) is 6.74. The fourth-order valence-corrected chi connectivity index (χ4v) is 2.03. The van der Waals surface area contributed by atoms with E-state index in [-0.39, 0.29) is 5.91 Å². The second kappa shape index (κ2) is 6.30. The van der Waals surface area contributed by atoms with Gasteiger partial charge in [-0.2, -0.15) is 0 Å². The molecule has 1 amide bonds. The molecule has 112 valence electrons. The van der Waals surface area contributed by atoms with Crippen molar-refractivity contribution in [3.63, 3.8) is 0 Å². The fraction of sp³-hybridized carbons (Fsp3) is 0.333. The number of aryl methyl sites for hydroxylation is 2. The van der Waals surface area contributed by atoms with Gasteiger partial charge in [-0.25, -0.2) is 0 Å². The van der Waals surface area contributed by atoms with Crippen LogP contribution in [0.3, 0.4) is 0 Å². The standard InChI is InChI=1S/C15H19N3O3/c1-4-20-13-6-11(5-12(16)7-13)15(19)17-8-14-9(2)18-21-10(14)3/h5-7H,4,8,16H2,1-3H3,(H,17,19). The number of rotatable bonds is 5. The predicted octanol–water partition coefficient (Wildman–Crippen LogP) is 2.20. The average Bonchev–Trinajstić information content (AvgIpc) is 2.75. The van der Waals surface area contributed by atoms with Crippen LogP contribution in [0.1, 0.15) is 34.3 Å². The largest absolute Gasteiger partial charge is 0.494 e. The summed E-state index contributed by atoms with van der Waals surface area (Å²) in [6.07, 6.45) is 0. The van der Waals surface area contributed by atoms with Crippen LogP contribution in [0.5, 0.6) is 5.75 Å². The molecule has 0 fully saturated rings. The highest BCUT2D eigenvalue weighted by molar-refractivity contribution is 5.95. The molecule has 0 spiro atoms. The molecule has 0 bridgehead atoms. The molecule has 0 aliphatic rings. The number of aromatic nitrogens is 1. The van der Waals surface area contributed by atoms with Crippen LogP contribution in [-0.2, 0) is 6.54 Å². The molecule has 1 heterocycles. The van der Waals surface area contributed by atoms with E-state index in [4.69, 9.17) is 15.0 Å². The highest BCUT2D eigenvalue weighted by Gasteiger charge is 2.12. The molecule has 3 N–H and O–H groups in total. The van der Waals surface area contributed by atoms with Crippen molar-refractivity contribution in [1.82, 2.24) is 10.5 Å². The van der Waals surface area contributed by atoms with Gasteiger partial charge < -0.3 is 20.3 Å². The summed E-state index contributed by atoms with van der Waals surface area (Å²) in [5.74, 6) is 1.07. The molecule has 2 aromatic rings. The van der Waals surface area contributed by atoms with Gasteiger partial charge in [0, 0.05) is 29.4 Å². The molecule has 0 aliphatic carbocycles. The van der Waals surface area contributed by atoms with E-state index in [0.29, 0.717) is 35.9 Å². The summed E-state index contributed by atoms with van der Waals surface area (Å²) in [5.41, 5.74) is 8.39. The second-order valence-electron chi connectivity index (χ2n) is 4.71. The lowest BCUT2D eigenvalue weighted by Crippen LogP contribution is -2.23. The smallest absolute Gasteiger partial charge is 0.251 e. The van der Waals surface area contributed by atoms with Gasteiger partial charge in [0.15, 0.2) is 0 Å². The van der Waals surface area contributed by atoms with Gasteiger partial charge in [0.1, 0.15) is 11.5 Å². The normalized spacial score (nSPS) is 10.4. The van der Waals surface area contributed by atoms with E-state index in [0.717, 1.165) is 11.3 Å². The Labute approximate surface area is 123 Å². The van der Waals surface area contributed by atoms with E-state index >= 15 is 0 Å². The van der Waals surface area contributed by atoms with Crippen LogP contribution in [0, 0.1) is 13.8 Å². The molecular formula is C15H19N3O3. The molecule has 0 saturated carbocycles. The monoisotopic (exact) mass is 289 g/mol. The molecule has 2 rings (SSSR count). The molecule has 1 aromatic heterocycles. The number of hydrogen-bond donors (Lipinski definition) is 2. The molecule has 0 atom stereocenters. The van der Waals surface area contributed by atoms with Crippen LogP contribution in [0.25, 0.3) is 0 Å². The van der Waals surface area contributed by atoms with Gasteiger partial charge in [0.05, 0.1) is 12.3 Å². The fourth-order valence-electron chi connectivity index (χ4n) is 2.03. The lowest BCUT2D eigenvalue weighted by atomic mass is 10.1. The summed E-state index contributed by atoms with van der Waals surface area (Å²) in [5, 5.41) is 6.68. The Kier molecular flexibility index (Phi) is 4.47. The lowest BCUT2D eigenvalue weighted by molar-refractivity contribution is 0.0950. The van der Waals surface area contributed by atoms with E-state index in [2.05, 4.69) is 10.5 Å². The summed E-state index contributed by atoms with van der Waals surface area (Å²) >= 11 is 0. The molecule has 0 radical (unpaired) electrons. The summed E-state index contributed by atoms with van der Waals surface area (Å²) < 4.78 is 10.4. The van der Waals surface area contributed by atoms with Crippen molar-refractivity contribution in [2.24, 2.45) is 0 Å². The predicted molar refractivity (Wildman–Crippen MR) is 79.2 cm³/mol. The van der Waals surface area contributed by atoms with Gasteiger partial charge in [-0.05, 0) is 32.9 Å². The zero-order valence-corrected chi connectivity index (χ0v) is 12.4. The van der Waals surface area contributed by atoms with Crippen LogP contribution >= 0.6 is 0 Å². The zero-order chi connectivity index (χ0) is 15.4. The third-order valence-electron chi connectivity index (χ3n) is 3.11. The van der Waals surface area contributed by atoms with Crippen LogP contribution in [0.2, 0.25) is 0 Å². The first-order chi connectivity index (χ1) is 10.0. The number of nitrogens with one attached hydrogen (secondary N) is 1. The average molecular weight is 289 g/mol. The third kappa shape index (κ3) is 3.53. The molecule has 0 saturated heterocycles. The summed E-state index contributed by atoms with van der Waals surface area (Å²) in [4.78, 5) is 12.2. The third-order valence-corrected chi connectivity index (χ3v) is 3.11. The number of carbonyl (C=O) groups excluding carboxylic acids is 1. The Hall–Kier alpha value is -2.50. The molecular weight excluding hydrogens is 270 g/mol. The van der Waals surface area contributed by atoms with Gasteiger partial charge in [0.25, 0.3) is 5.91 Å². The summed E-state index contributed by atoms with van der Waals surface area (Å²) in [6, 6.07) is 4.97. The molecule has 6 heteroatoms. The first-order valence-corrected chi connectivity index (χ1v) is 6.74. The lowest BCUT2D eigenvalue weighted by Gasteiger charge is -2.09. The number of nitrogens with two attached hydrogens (primary N) is 1. The number of benzene rings is 1. The Balaban J connectivity index is 2.10. The minimum atomic E-state index is -0.219. The van der Waals surface area contributed by atoms with Gasteiger partial charge >= 0.3 is 0 Å². The molecule has 6 nitrogen and oxygen atoms in total. The van der Waals surface area contributed by atoms with Crippen LogP contribution in [-0.4, -0.2) is 17.7 Å². The Morgan fingerprint density at radius 2 is 2.14 bits per heavy atom. The van der Waals surface area contributed by atoms with Crippen molar-refractivity contribution in [2.45, 2.75) is 27.3 Å². The number of ether oxygens (including phenoxy) is 1. The van der Waals surface area contributed by atoms with E-state index in [1.54, 1.807) is 18.2 Å². The summed E-state index contributed by atoms with van der Waals surface area (Å²) in [6.45, 7) is 6.41. The highest BCUT2D eigenvalue weighted by atomic mass is 16.5. The maximum atomic E-state index is 12.2. The SMILES string of the molecule is CCOc1cc(N)cc(C(=O)NCc2c(C)noc2C)c1. The minimum absolute atomic E-state index is 0.219. The van der Waals surface area contributed by atoms with Gasteiger partial charge in [0.2, 0.25) is 0 Å². The number of hydrogen-bond acceptors (Lipinski definition) is 5. The van der Waals surface area contributed by atoms with Crippen LogP contribution in [0.15, 0.2) is 22.7 Å². The second-order valence-corrected chi connectivity index (χ2v) is 4.71. The van der Waals surface area contributed by atoms with E-state index in [1.807, 2.05) is 20.8 Å². The van der Waals surface area contributed by atoms with Crippen molar-refractivity contribution in [1.29, 1.82) is 0 Å². The Morgan fingerprint density at radius 3 is 2.76 bits per heavy atom. The van der Waals surface area contributed by atoms with Crippen molar-refractivity contribution >= 4 is 11.6 Å². The van der Waals surface area contributed by atoms with Crippen LogP contribution in [0.4, 0.5) is 5.69 Å². The number of nitrogens with zero attached hydrogens (tertiary/aromatic N) is 1. The van der Waals surface area contributed by atoms with Crippen molar-refractivity contribution in [3.05, 3.63) is 40.8 Å². The topological polar surface area (TPSA) is 90.4 Å². The number of anilines is 1. The molecule has 0 aliphatic heterocycles. The summed E-state index contributed by atoms with van der Waals surface area (Å²) in [7, 11) is 0. The molecule has 0 unspecified atom stereocenters. The van der Waals surface area contributed by atoms with E-state index in [9.17, 15) is 4.79 Å². The van der Waals surface area contributed by atoms with Gasteiger partial charge in [-0.3, -0.25) is 4.79 Å². The Morgan fingerprint density at radius 1 is 1.38 bits per heavy atom. The van der Waals surface area contributed by atoms with Crippen molar-refractivity contribution in [2.75, 3.05) is 12.3 Å². The number of carbonyl (C=O) groups is 1. The zero-order valence-electron chi connectivity index (χ0n) is 12.4. The molecule has 21 heavy (non-hydrogen) atoms. The van der Waals surface area contributed by atoms with Gasteiger partial charge in [-0.15, -0.1) is 0 Å². The van der Waals surface area contributed by atoms with Crippen LogP contribution < -0.4 is 15.8 Å². The molecule has 1 aromatic carbocycles. The highest BCUT2D eigenvalue weighted by Crippen LogP contribution is 2.19. The number of amides is 1. The van der Waals surface area contributed by atoms with Gasteiger partial charge in [-0.1, -0.05) is 5.16 Å². The first kappa shape index (κ1) is 14.9. The Bertz CT molecular complexity index is 630. The van der Waals surface area contributed by atoms with Crippen molar-refractivity contribution < 1.29 is 14.1 Å². The quantitative estimate of drug-likeness (QED) is 0.823. The maximum Gasteiger partial charge on any atom is 0.251 e. The van der Waals surface area contributed by atoms with Crippen molar-refractivity contribution in [3.8, 4) is 5.75 Å². The minimum Gasteiger partial charge on any atom is -0.494 e. The van der Waals surface area contributed by atoms with E-state index in [1.165, 1.54) is 0 Å². The van der Waals surface area contributed by atoms with E-state index < -0.39 is 0 Å². The maximum absolute atomic E-state index is 12.2. The number of nitrogen functional groups attached to an aromatic ring is 1.